The van der Waals surface area contributed by atoms with E-state index in [1.807, 2.05) is 24.3 Å². The van der Waals surface area contributed by atoms with E-state index < -0.39 is 17.5 Å². The number of rotatable bonds is 2. The molecule has 3 unspecified atom stereocenters. The number of carboxylic acids is 1. The first-order valence-electron chi connectivity index (χ1n) is 7.30. The first-order valence-corrected chi connectivity index (χ1v) is 7.30. The van der Waals surface area contributed by atoms with Crippen LogP contribution >= 0.6 is 0 Å². The van der Waals surface area contributed by atoms with E-state index in [-0.39, 0.29) is 5.92 Å². The van der Waals surface area contributed by atoms with Gasteiger partial charge in [0, 0.05) is 17.9 Å². The van der Waals surface area contributed by atoms with Crippen molar-refractivity contribution in [2.24, 2.45) is 5.92 Å². The average Bonchev–Trinajstić information content (AvgIpc) is 2.47. The molecule has 1 aromatic rings. The van der Waals surface area contributed by atoms with Crippen molar-refractivity contribution in [1.29, 1.82) is 0 Å². The molecule has 1 heterocycles. The van der Waals surface area contributed by atoms with Gasteiger partial charge >= 0.3 is 5.97 Å². The minimum atomic E-state index is -1.01. The van der Waals surface area contributed by atoms with Crippen molar-refractivity contribution in [2.75, 3.05) is 6.61 Å². The number of para-hydroxylation sites is 1. The van der Waals surface area contributed by atoms with Crippen molar-refractivity contribution < 1.29 is 19.7 Å². The second kappa shape index (κ2) is 5.09. The van der Waals surface area contributed by atoms with Crippen LogP contribution in [0, 0.1) is 5.92 Å². The van der Waals surface area contributed by atoms with Crippen LogP contribution in [0.5, 0.6) is 5.75 Å². The molecule has 0 saturated heterocycles. The highest BCUT2D eigenvalue weighted by atomic mass is 16.5. The average molecular weight is 276 g/mol. The molecule has 0 amide bonds. The zero-order valence-electron chi connectivity index (χ0n) is 11.4. The number of fused-ring (bicyclic) bond motifs is 1. The monoisotopic (exact) mass is 276 g/mol. The lowest BCUT2D eigenvalue weighted by Gasteiger charge is -2.44. The Morgan fingerprint density at radius 3 is 2.75 bits per heavy atom. The van der Waals surface area contributed by atoms with Crippen molar-refractivity contribution in [3.63, 3.8) is 0 Å². The van der Waals surface area contributed by atoms with Crippen LogP contribution < -0.4 is 4.74 Å². The fourth-order valence-corrected chi connectivity index (χ4v) is 3.87. The third kappa shape index (κ3) is 1.90. The Labute approximate surface area is 118 Å². The molecule has 0 aromatic heterocycles. The molecule has 108 valence electrons. The molecule has 0 radical (unpaired) electrons. The van der Waals surface area contributed by atoms with Crippen molar-refractivity contribution in [3.8, 4) is 5.75 Å². The van der Waals surface area contributed by atoms with Gasteiger partial charge in [-0.05, 0) is 18.9 Å². The smallest absolute Gasteiger partial charge is 0.314 e. The van der Waals surface area contributed by atoms with E-state index in [1.165, 1.54) is 0 Å². The fraction of sp³-hybridized carbons (Fsp3) is 0.562. The molecule has 3 rings (SSSR count). The van der Waals surface area contributed by atoms with E-state index >= 15 is 0 Å². The molecule has 1 fully saturated rings. The summed E-state index contributed by atoms with van der Waals surface area (Å²) in [7, 11) is 0. The van der Waals surface area contributed by atoms with Crippen LogP contribution in [0.25, 0.3) is 0 Å². The van der Waals surface area contributed by atoms with E-state index in [2.05, 4.69) is 0 Å². The third-order valence-electron chi connectivity index (χ3n) is 4.87. The second-order valence-electron chi connectivity index (χ2n) is 5.83. The van der Waals surface area contributed by atoms with Gasteiger partial charge in [-0.1, -0.05) is 31.0 Å². The minimum Gasteiger partial charge on any atom is -0.493 e. The highest BCUT2D eigenvalue weighted by Gasteiger charge is 2.53. The molecule has 0 spiro atoms. The van der Waals surface area contributed by atoms with Gasteiger partial charge in [0.1, 0.15) is 11.2 Å². The van der Waals surface area contributed by atoms with Crippen LogP contribution in [-0.4, -0.2) is 28.9 Å². The minimum absolute atomic E-state index is 0.223. The quantitative estimate of drug-likeness (QED) is 0.870. The van der Waals surface area contributed by atoms with E-state index in [0.717, 1.165) is 24.8 Å². The number of ether oxygens (including phenoxy) is 1. The number of hydrogen-bond donors (Lipinski definition) is 2. The molecular weight excluding hydrogens is 256 g/mol. The maximum absolute atomic E-state index is 12.1. The predicted octanol–water partition coefficient (Wildman–Crippen LogP) is 2.34. The van der Waals surface area contributed by atoms with Crippen LogP contribution in [0.3, 0.4) is 0 Å². The number of hydrogen-bond acceptors (Lipinski definition) is 3. The van der Waals surface area contributed by atoms with E-state index in [9.17, 15) is 15.0 Å². The first kappa shape index (κ1) is 13.4. The SMILES string of the molecule is O=C(O)C1(C2CCCCC2O)CCOc2ccccc21. The second-order valence-corrected chi connectivity index (χ2v) is 5.83. The van der Waals surface area contributed by atoms with Crippen molar-refractivity contribution in [2.45, 2.75) is 43.6 Å². The van der Waals surface area contributed by atoms with Crippen LogP contribution in [0.2, 0.25) is 0 Å². The Morgan fingerprint density at radius 1 is 1.25 bits per heavy atom. The fourth-order valence-electron chi connectivity index (χ4n) is 3.87. The molecule has 4 nitrogen and oxygen atoms in total. The van der Waals surface area contributed by atoms with Crippen LogP contribution in [0.4, 0.5) is 0 Å². The van der Waals surface area contributed by atoms with Gasteiger partial charge in [-0.25, -0.2) is 0 Å². The zero-order chi connectivity index (χ0) is 14.2. The maximum Gasteiger partial charge on any atom is 0.314 e. The van der Waals surface area contributed by atoms with Crippen molar-refractivity contribution >= 4 is 5.97 Å². The third-order valence-corrected chi connectivity index (χ3v) is 4.87. The molecule has 1 aromatic carbocycles. The summed E-state index contributed by atoms with van der Waals surface area (Å²) in [5.41, 5.74) is -0.279. The lowest BCUT2D eigenvalue weighted by molar-refractivity contribution is -0.151. The topological polar surface area (TPSA) is 66.8 Å². The Morgan fingerprint density at radius 2 is 2.00 bits per heavy atom. The molecule has 2 N–H and O–H groups in total. The highest BCUT2D eigenvalue weighted by Crippen LogP contribution is 2.49. The van der Waals surface area contributed by atoms with Crippen LogP contribution in [0.1, 0.15) is 37.7 Å². The summed E-state index contributed by atoms with van der Waals surface area (Å²) in [5.74, 6) is -0.406. The normalized spacial score (nSPS) is 33.0. The summed E-state index contributed by atoms with van der Waals surface area (Å²) in [6.07, 6.45) is 3.32. The predicted molar refractivity (Wildman–Crippen MR) is 73.8 cm³/mol. The number of carbonyl (C=O) groups is 1. The van der Waals surface area contributed by atoms with Crippen LogP contribution in [-0.2, 0) is 10.2 Å². The van der Waals surface area contributed by atoms with Gasteiger partial charge in [0.25, 0.3) is 0 Å². The van der Waals surface area contributed by atoms with Gasteiger partial charge in [0.15, 0.2) is 0 Å². The highest BCUT2D eigenvalue weighted by molar-refractivity contribution is 5.83. The summed E-state index contributed by atoms with van der Waals surface area (Å²) < 4.78 is 5.61. The summed E-state index contributed by atoms with van der Waals surface area (Å²) in [5, 5.41) is 20.3. The molecule has 3 atom stereocenters. The maximum atomic E-state index is 12.1. The zero-order valence-corrected chi connectivity index (χ0v) is 11.4. The lowest BCUT2D eigenvalue weighted by atomic mass is 9.61. The number of aliphatic hydroxyl groups is 1. The number of carboxylic acid groups (broad SMARTS) is 1. The molecule has 4 heteroatoms. The van der Waals surface area contributed by atoms with Gasteiger partial charge in [-0.2, -0.15) is 0 Å². The Bertz CT molecular complexity index is 513. The van der Waals surface area contributed by atoms with Gasteiger partial charge in [0.2, 0.25) is 0 Å². The molecule has 1 aliphatic carbocycles. The number of aliphatic hydroxyl groups excluding tert-OH is 1. The molecular formula is C16H20O4. The lowest BCUT2D eigenvalue weighted by Crippen LogP contribution is -2.51. The van der Waals surface area contributed by atoms with Crippen molar-refractivity contribution in [1.82, 2.24) is 0 Å². The van der Waals surface area contributed by atoms with Gasteiger partial charge in [0.05, 0.1) is 12.7 Å². The molecule has 1 saturated carbocycles. The first-order chi connectivity index (χ1) is 9.66. The largest absolute Gasteiger partial charge is 0.493 e. The summed E-state index contributed by atoms with van der Waals surface area (Å²) in [4.78, 5) is 12.1. The summed E-state index contributed by atoms with van der Waals surface area (Å²) in [6.45, 7) is 0.395. The summed E-state index contributed by atoms with van der Waals surface area (Å²) >= 11 is 0. The van der Waals surface area contributed by atoms with Gasteiger partial charge in [-0.3, -0.25) is 4.79 Å². The van der Waals surface area contributed by atoms with Crippen molar-refractivity contribution in [3.05, 3.63) is 29.8 Å². The Hall–Kier alpha value is -1.55. The summed E-state index contributed by atoms with van der Waals surface area (Å²) in [6, 6.07) is 7.36. The van der Waals surface area contributed by atoms with Gasteiger partial charge < -0.3 is 14.9 Å². The molecule has 20 heavy (non-hydrogen) atoms. The number of benzene rings is 1. The Kier molecular flexibility index (Phi) is 3.42. The Balaban J connectivity index is 2.12. The van der Waals surface area contributed by atoms with E-state index in [0.29, 0.717) is 25.2 Å². The van der Waals surface area contributed by atoms with E-state index in [1.54, 1.807) is 0 Å². The number of aliphatic carboxylic acids is 1. The van der Waals surface area contributed by atoms with Gasteiger partial charge in [-0.15, -0.1) is 0 Å². The molecule has 2 aliphatic rings. The van der Waals surface area contributed by atoms with E-state index in [4.69, 9.17) is 4.74 Å². The molecule has 1 aliphatic heterocycles. The molecule has 0 bridgehead atoms. The van der Waals surface area contributed by atoms with Crippen LogP contribution in [0.15, 0.2) is 24.3 Å². The standard InChI is InChI=1S/C16H20O4/c17-13-7-3-1-5-11(13)16(15(18)19)9-10-20-14-8-4-2-6-12(14)16/h2,4,6,8,11,13,17H,1,3,5,7,9-10H2,(H,18,19).